The van der Waals surface area contributed by atoms with Gasteiger partial charge in [0.15, 0.2) is 0 Å². The number of nitrogens with zero attached hydrogens (tertiary/aromatic N) is 2. The fourth-order valence-corrected chi connectivity index (χ4v) is 7.88. The van der Waals surface area contributed by atoms with Gasteiger partial charge in [0.05, 0.1) is 12.1 Å². The van der Waals surface area contributed by atoms with Crippen LogP contribution >= 0.6 is 0 Å². The highest BCUT2D eigenvalue weighted by Gasteiger charge is 2.76. The van der Waals surface area contributed by atoms with Crippen LogP contribution in [0.15, 0.2) is 24.3 Å². The number of piperidine rings is 4. The Hall–Kier alpha value is -1.10. The SMILES string of the molecule is CC[C@H]1[C@@H]2C[C@H]3[C@H]4N(C)c5ccccc5[C@]45C[C@@H]([C@H]2[C@@H]5O)N3[C@@H]1O. The lowest BCUT2D eigenvalue weighted by Gasteiger charge is -2.62. The molecule has 2 N–H and O–H groups in total. The summed E-state index contributed by atoms with van der Waals surface area (Å²) < 4.78 is 0. The molecule has 0 amide bonds. The van der Waals surface area contributed by atoms with Crippen LogP contribution in [-0.2, 0) is 5.41 Å². The summed E-state index contributed by atoms with van der Waals surface area (Å²) in [6, 6.07) is 9.70. The first-order valence-electron chi connectivity index (χ1n) is 9.57. The Morgan fingerprint density at radius 3 is 2.79 bits per heavy atom. The Kier molecular flexibility index (Phi) is 2.45. The maximum Gasteiger partial charge on any atom is 0.111 e. The second-order valence-corrected chi connectivity index (χ2v) is 8.81. The molecule has 1 unspecified atom stereocenters. The van der Waals surface area contributed by atoms with Crippen LogP contribution in [-0.4, -0.2) is 52.6 Å². The van der Waals surface area contributed by atoms with E-state index >= 15 is 0 Å². The molecule has 1 saturated carbocycles. The van der Waals surface area contributed by atoms with E-state index in [9.17, 15) is 10.2 Å². The Bertz CT molecular complexity index is 723. The van der Waals surface area contributed by atoms with Gasteiger partial charge in [-0.2, -0.15) is 0 Å². The number of aliphatic hydroxyl groups is 2. The zero-order valence-electron chi connectivity index (χ0n) is 14.3. The van der Waals surface area contributed by atoms with E-state index in [0.717, 1.165) is 19.3 Å². The molecule has 5 heterocycles. The number of para-hydroxylation sites is 1. The summed E-state index contributed by atoms with van der Waals surface area (Å²) in [4.78, 5) is 4.83. The molecule has 0 radical (unpaired) electrons. The van der Waals surface area contributed by atoms with E-state index in [0.29, 0.717) is 35.9 Å². The van der Waals surface area contributed by atoms with E-state index in [-0.39, 0.29) is 17.7 Å². The minimum Gasteiger partial charge on any atom is -0.392 e. The number of aliphatic hydroxyl groups excluding tert-OH is 2. The van der Waals surface area contributed by atoms with Gasteiger partial charge >= 0.3 is 0 Å². The molecule has 5 fully saturated rings. The summed E-state index contributed by atoms with van der Waals surface area (Å²) in [5.74, 6) is 1.14. The van der Waals surface area contributed by atoms with Gasteiger partial charge in [0.2, 0.25) is 0 Å². The molecule has 1 spiro atoms. The maximum atomic E-state index is 11.6. The first kappa shape index (κ1) is 14.1. The largest absolute Gasteiger partial charge is 0.392 e. The van der Waals surface area contributed by atoms with E-state index < -0.39 is 0 Å². The molecule has 4 heteroatoms. The van der Waals surface area contributed by atoms with Gasteiger partial charge in [-0.3, -0.25) is 4.90 Å². The van der Waals surface area contributed by atoms with Crippen molar-refractivity contribution in [1.82, 2.24) is 4.90 Å². The van der Waals surface area contributed by atoms with Crippen molar-refractivity contribution in [2.24, 2.45) is 17.8 Å². The smallest absolute Gasteiger partial charge is 0.111 e. The number of likely N-dealkylation sites (N-methyl/N-ethyl adjacent to an activating group) is 1. The lowest BCUT2D eigenvalue weighted by Crippen LogP contribution is -2.72. The predicted molar refractivity (Wildman–Crippen MR) is 91.7 cm³/mol. The average Bonchev–Trinajstić information content (AvgIpc) is 2.97. The van der Waals surface area contributed by atoms with Gasteiger partial charge in [-0.15, -0.1) is 0 Å². The van der Waals surface area contributed by atoms with Crippen LogP contribution in [0, 0.1) is 17.8 Å². The maximum absolute atomic E-state index is 11.6. The summed E-state index contributed by atoms with van der Waals surface area (Å²) in [7, 11) is 2.19. The molecule has 1 aromatic carbocycles. The molecule has 0 aromatic heterocycles. The molecule has 5 aliphatic heterocycles. The van der Waals surface area contributed by atoms with E-state index in [1.165, 1.54) is 11.3 Å². The number of hydrogen-bond acceptors (Lipinski definition) is 4. The molecule has 128 valence electrons. The summed E-state index contributed by atoms with van der Waals surface area (Å²) in [5, 5.41) is 22.6. The van der Waals surface area contributed by atoms with E-state index in [1.807, 2.05) is 0 Å². The highest BCUT2D eigenvalue weighted by Crippen LogP contribution is 2.68. The van der Waals surface area contributed by atoms with Crippen molar-refractivity contribution in [2.75, 3.05) is 11.9 Å². The Morgan fingerprint density at radius 1 is 1.21 bits per heavy atom. The zero-order chi connectivity index (χ0) is 16.4. The summed E-state index contributed by atoms with van der Waals surface area (Å²) >= 11 is 0. The van der Waals surface area contributed by atoms with Crippen molar-refractivity contribution in [3.8, 4) is 0 Å². The van der Waals surface area contributed by atoms with E-state index in [1.54, 1.807) is 0 Å². The molecule has 1 aliphatic carbocycles. The molecule has 24 heavy (non-hydrogen) atoms. The van der Waals surface area contributed by atoms with Gasteiger partial charge in [0.1, 0.15) is 6.23 Å². The predicted octanol–water partition coefficient (Wildman–Crippen LogP) is 1.55. The van der Waals surface area contributed by atoms with Crippen molar-refractivity contribution in [2.45, 2.75) is 62.1 Å². The summed E-state index contributed by atoms with van der Waals surface area (Å²) in [6.07, 6.45) is 2.56. The fraction of sp³-hybridized carbons (Fsp3) is 0.700. The number of rotatable bonds is 1. The Balaban J connectivity index is 1.60. The van der Waals surface area contributed by atoms with Crippen LogP contribution in [0.3, 0.4) is 0 Å². The van der Waals surface area contributed by atoms with Crippen LogP contribution < -0.4 is 4.90 Å². The molecule has 5 bridgehead atoms. The van der Waals surface area contributed by atoms with E-state index in [4.69, 9.17) is 0 Å². The zero-order valence-corrected chi connectivity index (χ0v) is 14.3. The molecule has 1 aromatic rings. The molecule has 7 rings (SSSR count). The molecule has 4 nitrogen and oxygen atoms in total. The standard InChI is InChI=1S/C20H26N2O2/c1-3-10-11-8-14-17-20(12-6-4-5-7-13(12)21(17)2)9-15(16(11)18(20)23)22(14)19(10)24/h4-7,10-11,14-19,23-24H,3,8-9H2,1-2H3/t10-,11-,14-,15-,16-,17+,18-,19+,20+/m0/s1. The van der Waals surface area contributed by atoms with E-state index in [2.05, 4.69) is 48.0 Å². The summed E-state index contributed by atoms with van der Waals surface area (Å²) in [6.45, 7) is 2.19. The third kappa shape index (κ3) is 1.20. The molecule has 10 atom stereocenters. The van der Waals surface area contributed by atoms with Gasteiger partial charge in [-0.1, -0.05) is 25.1 Å². The van der Waals surface area contributed by atoms with Crippen LogP contribution in [0.25, 0.3) is 0 Å². The fourth-order valence-electron chi connectivity index (χ4n) is 7.88. The third-order valence-corrected chi connectivity index (χ3v) is 8.46. The number of hydrogen-bond donors (Lipinski definition) is 2. The highest BCUT2D eigenvalue weighted by atomic mass is 16.3. The topological polar surface area (TPSA) is 46.9 Å². The van der Waals surface area contributed by atoms with Crippen LogP contribution in [0.5, 0.6) is 0 Å². The van der Waals surface area contributed by atoms with Gasteiger partial charge in [-0.05, 0) is 36.8 Å². The minimum absolute atomic E-state index is 0.126. The third-order valence-electron chi connectivity index (χ3n) is 8.46. The number of benzene rings is 1. The van der Waals surface area contributed by atoms with Crippen molar-refractivity contribution in [3.63, 3.8) is 0 Å². The second kappa shape index (κ2) is 4.17. The second-order valence-electron chi connectivity index (χ2n) is 8.81. The Labute approximate surface area is 143 Å². The van der Waals surface area contributed by atoms with Gasteiger partial charge in [0, 0.05) is 42.1 Å². The average molecular weight is 326 g/mol. The van der Waals surface area contributed by atoms with Crippen LogP contribution in [0.1, 0.15) is 31.7 Å². The lowest BCUT2D eigenvalue weighted by atomic mass is 9.62. The van der Waals surface area contributed by atoms with Crippen molar-refractivity contribution >= 4 is 5.69 Å². The van der Waals surface area contributed by atoms with Crippen molar-refractivity contribution in [1.29, 1.82) is 0 Å². The van der Waals surface area contributed by atoms with Gasteiger partial charge in [-0.25, -0.2) is 0 Å². The quantitative estimate of drug-likeness (QED) is 0.822. The molecular weight excluding hydrogens is 300 g/mol. The lowest BCUT2D eigenvalue weighted by molar-refractivity contribution is -0.211. The summed E-state index contributed by atoms with van der Waals surface area (Å²) in [5.41, 5.74) is 2.51. The monoisotopic (exact) mass is 326 g/mol. The van der Waals surface area contributed by atoms with Crippen LogP contribution in [0.4, 0.5) is 5.69 Å². The minimum atomic E-state index is -0.319. The highest BCUT2D eigenvalue weighted by molar-refractivity contribution is 5.67. The van der Waals surface area contributed by atoms with Crippen LogP contribution in [0.2, 0.25) is 0 Å². The first-order valence-corrected chi connectivity index (χ1v) is 9.57. The normalized spacial score (nSPS) is 55.8. The number of fused-ring (bicyclic) bond motifs is 2. The van der Waals surface area contributed by atoms with Gasteiger partial charge < -0.3 is 15.1 Å². The first-order chi connectivity index (χ1) is 11.6. The van der Waals surface area contributed by atoms with Crippen molar-refractivity contribution < 1.29 is 10.2 Å². The Morgan fingerprint density at radius 2 is 2.00 bits per heavy atom. The molecular formula is C20H26N2O2. The number of anilines is 1. The van der Waals surface area contributed by atoms with Gasteiger partial charge in [0.25, 0.3) is 0 Å². The van der Waals surface area contributed by atoms with Crippen molar-refractivity contribution in [3.05, 3.63) is 29.8 Å². The molecule has 6 aliphatic rings. The molecule has 4 saturated heterocycles.